The first-order chi connectivity index (χ1) is 6.02. The molecule has 5 heteroatoms. The van der Waals surface area contributed by atoms with Crippen LogP contribution < -0.4 is 5.73 Å². The second kappa shape index (κ2) is 3.74. The zero-order valence-corrected chi connectivity index (χ0v) is 7.14. The van der Waals surface area contributed by atoms with Crippen molar-refractivity contribution in [1.29, 1.82) is 0 Å². The van der Waals surface area contributed by atoms with Crippen molar-refractivity contribution in [2.75, 3.05) is 0 Å². The predicted molar refractivity (Wildman–Crippen MR) is 44.1 cm³/mol. The Morgan fingerprint density at radius 1 is 1.31 bits per heavy atom. The summed E-state index contributed by atoms with van der Waals surface area (Å²) in [5, 5.41) is 17.3. The van der Waals surface area contributed by atoms with Gasteiger partial charge in [0.15, 0.2) is 0 Å². The Balaban J connectivity index is 2.64. The van der Waals surface area contributed by atoms with Crippen LogP contribution in [0.4, 0.5) is 0 Å². The molecule has 0 heterocycles. The van der Waals surface area contributed by atoms with Gasteiger partial charge in [0.2, 0.25) is 0 Å². The highest BCUT2D eigenvalue weighted by Gasteiger charge is 2.39. The fourth-order valence-corrected chi connectivity index (χ4v) is 1.95. The number of carbonyl (C=O) groups is 2. The Bertz CT molecular complexity index is 228. The molecule has 0 aliphatic heterocycles. The van der Waals surface area contributed by atoms with Crippen LogP contribution in [0.15, 0.2) is 0 Å². The lowest BCUT2D eigenvalue weighted by Crippen LogP contribution is -2.34. The molecule has 1 aliphatic carbocycles. The van der Waals surface area contributed by atoms with Gasteiger partial charge in [-0.05, 0) is 18.8 Å². The number of aliphatic carboxylic acids is 2. The van der Waals surface area contributed by atoms with Crippen molar-refractivity contribution >= 4 is 11.9 Å². The Morgan fingerprint density at radius 3 is 2.38 bits per heavy atom. The van der Waals surface area contributed by atoms with E-state index in [0.29, 0.717) is 12.8 Å². The summed E-state index contributed by atoms with van der Waals surface area (Å²) in [7, 11) is 0. The molecule has 74 valence electrons. The van der Waals surface area contributed by atoms with Crippen LogP contribution in [0.5, 0.6) is 0 Å². The molecule has 4 N–H and O–H groups in total. The average Bonchev–Trinajstić information content (AvgIpc) is 2.30. The highest BCUT2D eigenvalue weighted by molar-refractivity contribution is 5.74. The molecule has 1 fully saturated rings. The van der Waals surface area contributed by atoms with E-state index >= 15 is 0 Å². The number of nitrogens with two attached hydrogens (primary N) is 1. The van der Waals surface area contributed by atoms with E-state index < -0.39 is 17.9 Å². The van der Waals surface area contributed by atoms with Crippen LogP contribution in [0, 0.1) is 11.8 Å². The molecular weight excluding hydrogens is 174 g/mol. The Hall–Kier alpha value is -1.10. The first kappa shape index (κ1) is 9.98. The Kier molecular flexibility index (Phi) is 2.87. The number of rotatable bonds is 3. The molecule has 13 heavy (non-hydrogen) atoms. The lowest BCUT2D eigenvalue weighted by Gasteiger charge is -2.16. The van der Waals surface area contributed by atoms with Gasteiger partial charge in [-0.25, -0.2) is 0 Å². The quantitative estimate of drug-likeness (QED) is 0.572. The van der Waals surface area contributed by atoms with Gasteiger partial charge in [-0.1, -0.05) is 0 Å². The summed E-state index contributed by atoms with van der Waals surface area (Å²) in [6.45, 7) is 0. The monoisotopic (exact) mass is 187 g/mol. The molecular formula is C8H13NO4. The van der Waals surface area contributed by atoms with Gasteiger partial charge in [0.1, 0.15) is 0 Å². The van der Waals surface area contributed by atoms with E-state index in [0.717, 1.165) is 0 Å². The molecule has 3 atom stereocenters. The SMILES string of the molecule is NC1CCC(CC(=O)O)C1C(=O)O. The molecule has 0 saturated heterocycles. The summed E-state index contributed by atoms with van der Waals surface area (Å²) in [5.74, 6) is -2.91. The molecule has 0 aromatic carbocycles. The predicted octanol–water partition coefficient (Wildman–Crippen LogP) is -0.101. The fourth-order valence-electron chi connectivity index (χ4n) is 1.95. The van der Waals surface area contributed by atoms with Gasteiger partial charge < -0.3 is 15.9 Å². The number of carboxylic acids is 2. The molecule has 1 rings (SSSR count). The topological polar surface area (TPSA) is 101 Å². The highest BCUT2D eigenvalue weighted by atomic mass is 16.4. The average molecular weight is 187 g/mol. The van der Waals surface area contributed by atoms with Crippen molar-refractivity contribution in [2.45, 2.75) is 25.3 Å². The molecule has 0 aromatic rings. The van der Waals surface area contributed by atoms with Crippen LogP contribution >= 0.6 is 0 Å². The molecule has 0 amide bonds. The lowest BCUT2D eigenvalue weighted by molar-refractivity contribution is -0.144. The van der Waals surface area contributed by atoms with E-state index in [2.05, 4.69) is 0 Å². The Labute approximate surface area is 75.5 Å². The minimum absolute atomic E-state index is 0.0926. The third-order valence-corrected chi connectivity index (χ3v) is 2.56. The van der Waals surface area contributed by atoms with E-state index in [9.17, 15) is 9.59 Å². The van der Waals surface area contributed by atoms with Crippen molar-refractivity contribution in [3.05, 3.63) is 0 Å². The summed E-state index contributed by atoms with van der Waals surface area (Å²) in [4.78, 5) is 21.1. The van der Waals surface area contributed by atoms with Crippen LogP contribution in [0.2, 0.25) is 0 Å². The van der Waals surface area contributed by atoms with Crippen LogP contribution in [-0.2, 0) is 9.59 Å². The molecule has 5 nitrogen and oxygen atoms in total. The first-order valence-electron chi connectivity index (χ1n) is 4.22. The maximum Gasteiger partial charge on any atom is 0.308 e. The molecule has 0 radical (unpaired) electrons. The van der Waals surface area contributed by atoms with Gasteiger partial charge in [-0.15, -0.1) is 0 Å². The van der Waals surface area contributed by atoms with Gasteiger partial charge in [-0.3, -0.25) is 9.59 Å². The molecule has 3 unspecified atom stereocenters. The normalized spacial score (nSPS) is 33.2. The molecule has 0 spiro atoms. The van der Waals surface area contributed by atoms with Crippen molar-refractivity contribution in [1.82, 2.24) is 0 Å². The van der Waals surface area contributed by atoms with E-state index in [-0.39, 0.29) is 18.4 Å². The maximum atomic E-state index is 10.7. The number of carboxylic acid groups (broad SMARTS) is 2. The molecule has 0 bridgehead atoms. The summed E-state index contributed by atoms with van der Waals surface area (Å²) >= 11 is 0. The summed E-state index contributed by atoms with van der Waals surface area (Å²) < 4.78 is 0. The van der Waals surface area contributed by atoms with E-state index in [1.54, 1.807) is 0 Å². The first-order valence-corrected chi connectivity index (χ1v) is 4.22. The lowest BCUT2D eigenvalue weighted by atomic mass is 9.91. The smallest absolute Gasteiger partial charge is 0.308 e. The molecule has 1 aliphatic rings. The van der Waals surface area contributed by atoms with Crippen molar-refractivity contribution in [2.24, 2.45) is 17.6 Å². The van der Waals surface area contributed by atoms with E-state index in [4.69, 9.17) is 15.9 Å². The minimum Gasteiger partial charge on any atom is -0.481 e. The third-order valence-electron chi connectivity index (χ3n) is 2.56. The van der Waals surface area contributed by atoms with Crippen LogP contribution in [0.1, 0.15) is 19.3 Å². The van der Waals surface area contributed by atoms with E-state index in [1.807, 2.05) is 0 Å². The van der Waals surface area contributed by atoms with Gasteiger partial charge in [0.05, 0.1) is 5.92 Å². The van der Waals surface area contributed by atoms with E-state index in [1.165, 1.54) is 0 Å². The van der Waals surface area contributed by atoms with Gasteiger partial charge in [-0.2, -0.15) is 0 Å². The maximum absolute atomic E-state index is 10.7. The van der Waals surface area contributed by atoms with Crippen molar-refractivity contribution < 1.29 is 19.8 Å². The zero-order chi connectivity index (χ0) is 10.0. The fraction of sp³-hybridized carbons (Fsp3) is 0.750. The minimum atomic E-state index is -0.976. The third kappa shape index (κ3) is 2.18. The van der Waals surface area contributed by atoms with Crippen molar-refractivity contribution in [3.63, 3.8) is 0 Å². The zero-order valence-electron chi connectivity index (χ0n) is 7.14. The summed E-state index contributed by atoms with van der Waals surface area (Å²) in [5.41, 5.74) is 5.57. The van der Waals surface area contributed by atoms with Gasteiger partial charge in [0, 0.05) is 12.5 Å². The van der Waals surface area contributed by atoms with Crippen molar-refractivity contribution in [3.8, 4) is 0 Å². The van der Waals surface area contributed by atoms with Gasteiger partial charge >= 0.3 is 11.9 Å². The number of hydrogen-bond donors (Lipinski definition) is 3. The van der Waals surface area contributed by atoms with Crippen LogP contribution in [0.25, 0.3) is 0 Å². The van der Waals surface area contributed by atoms with Gasteiger partial charge in [0.25, 0.3) is 0 Å². The Morgan fingerprint density at radius 2 is 1.92 bits per heavy atom. The molecule has 0 aromatic heterocycles. The van der Waals surface area contributed by atoms with Crippen LogP contribution in [-0.4, -0.2) is 28.2 Å². The summed E-state index contributed by atoms with van der Waals surface area (Å²) in [6.07, 6.45) is 1.12. The largest absolute Gasteiger partial charge is 0.481 e. The molecule has 1 saturated carbocycles. The second-order valence-electron chi connectivity index (χ2n) is 3.46. The standard InChI is InChI=1S/C8H13NO4/c9-5-2-1-4(3-6(10)11)7(5)8(12)13/h4-5,7H,1-3,9H2,(H,10,11)(H,12,13). The second-order valence-corrected chi connectivity index (χ2v) is 3.46. The van der Waals surface area contributed by atoms with Crippen LogP contribution in [0.3, 0.4) is 0 Å². The number of hydrogen-bond acceptors (Lipinski definition) is 3. The summed E-state index contributed by atoms with van der Waals surface area (Å²) in [6, 6.07) is -0.387. The highest BCUT2D eigenvalue weighted by Crippen LogP contribution is 2.33.